The number of rotatable bonds is 4. The number of hydrogen-bond donors (Lipinski definition) is 2. The van der Waals surface area contributed by atoms with Gasteiger partial charge in [0.1, 0.15) is 0 Å². The highest BCUT2D eigenvalue weighted by Gasteiger charge is 2.20. The van der Waals surface area contributed by atoms with E-state index in [0.29, 0.717) is 23.2 Å². The Morgan fingerprint density at radius 3 is 2.48 bits per heavy atom. The fraction of sp³-hybridized carbons (Fsp3) is 0.692. The number of carbonyl (C=O) groups is 1. The second kappa shape index (κ2) is 6.85. The van der Waals surface area contributed by atoms with Crippen LogP contribution in [0.25, 0.3) is 0 Å². The van der Waals surface area contributed by atoms with Crippen molar-refractivity contribution in [1.29, 1.82) is 0 Å². The molecule has 0 bridgehead atoms. The molecule has 1 aliphatic carbocycles. The van der Waals surface area contributed by atoms with Gasteiger partial charge in [-0.05, 0) is 25.7 Å². The molecule has 1 aromatic heterocycles. The zero-order valence-corrected chi connectivity index (χ0v) is 13.7. The Bertz CT molecular complexity index is 602. The van der Waals surface area contributed by atoms with Crippen molar-refractivity contribution in [2.24, 2.45) is 11.1 Å². The van der Waals surface area contributed by atoms with Gasteiger partial charge in [0.05, 0.1) is 5.69 Å². The van der Waals surface area contributed by atoms with E-state index in [1.807, 2.05) is 0 Å². The van der Waals surface area contributed by atoms with Gasteiger partial charge < -0.3 is 5.32 Å². The molecule has 2 rings (SSSR count). The van der Waals surface area contributed by atoms with Crippen molar-refractivity contribution in [3.8, 4) is 0 Å². The number of nitrogens with zero attached hydrogens (tertiary/aromatic N) is 1. The number of amides is 1. The number of thiazole rings is 1. The van der Waals surface area contributed by atoms with Gasteiger partial charge in [-0.1, -0.05) is 37.0 Å². The quantitative estimate of drug-likeness (QED) is 0.827. The predicted molar refractivity (Wildman–Crippen MR) is 82.7 cm³/mol. The average molecular weight is 331 g/mol. The Labute approximate surface area is 129 Å². The van der Waals surface area contributed by atoms with Crippen molar-refractivity contribution in [1.82, 2.24) is 4.98 Å². The maximum atomic E-state index is 12.0. The highest BCUT2D eigenvalue weighted by atomic mass is 32.2. The molecule has 0 radical (unpaired) electrons. The van der Waals surface area contributed by atoms with Gasteiger partial charge in [0.2, 0.25) is 15.9 Å². The lowest BCUT2D eigenvalue weighted by molar-refractivity contribution is -0.117. The minimum absolute atomic E-state index is 0.00673. The van der Waals surface area contributed by atoms with Gasteiger partial charge >= 0.3 is 0 Å². The first kappa shape index (κ1) is 16.4. The molecule has 1 aromatic rings. The van der Waals surface area contributed by atoms with E-state index in [0.717, 1.165) is 24.2 Å². The summed E-state index contributed by atoms with van der Waals surface area (Å²) in [6.45, 7) is 1.57. The van der Waals surface area contributed by atoms with E-state index in [-0.39, 0.29) is 10.1 Å². The molecule has 1 saturated carbocycles. The monoisotopic (exact) mass is 331 g/mol. The van der Waals surface area contributed by atoms with Crippen molar-refractivity contribution in [2.75, 3.05) is 5.32 Å². The molecule has 6 nitrogen and oxygen atoms in total. The predicted octanol–water partition coefficient (Wildman–Crippen LogP) is 2.40. The number of carbonyl (C=O) groups excluding carboxylic acids is 1. The summed E-state index contributed by atoms with van der Waals surface area (Å²) in [4.78, 5) is 16.1. The molecule has 1 aliphatic rings. The SMILES string of the molecule is Cc1nc(NC(=O)CC2CCCCCC2)sc1S(N)(=O)=O. The molecule has 1 amide bonds. The van der Waals surface area contributed by atoms with Crippen LogP contribution in [-0.2, 0) is 14.8 Å². The van der Waals surface area contributed by atoms with Crippen LogP contribution in [0.15, 0.2) is 4.21 Å². The van der Waals surface area contributed by atoms with E-state index < -0.39 is 10.0 Å². The third-order valence-corrected chi connectivity index (χ3v) is 6.33. The number of nitrogens with two attached hydrogens (primary N) is 1. The van der Waals surface area contributed by atoms with E-state index in [2.05, 4.69) is 10.3 Å². The molecule has 21 heavy (non-hydrogen) atoms. The van der Waals surface area contributed by atoms with E-state index in [1.165, 1.54) is 25.7 Å². The second-order valence-corrected chi connectivity index (χ2v) is 8.30. The second-order valence-electron chi connectivity index (χ2n) is 5.55. The van der Waals surface area contributed by atoms with Gasteiger partial charge in [-0.2, -0.15) is 0 Å². The number of sulfonamides is 1. The molecular formula is C13H21N3O3S2. The summed E-state index contributed by atoms with van der Waals surface area (Å²) in [5.74, 6) is 0.322. The smallest absolute Gasteiger partial charge is 0.249 e. The van der Waals surface area contributed by atoms with Gasteiger partial charge in [0.25, 0.3) is 0 Å². The Morgan fingerprint density at radius 1 is 1.33 bits per heavy atom. The lowest BCUT2D eigenvalue weighted by Gasteiger charge is -2.12. The molecule has 0 spiro atoms. The van der Waals surface area contributed by atoms with Gasteiger partial charge in [0.15, 0.2) is 9.34 Å². The molecule has 8 heteroatoms. The van der Waals surface area contributed by atoms with Crippen molar-refractivity contribution in [2.45, 2.75) is 56.1 Å². The van der Waals surface area contributed by atoms with Crippen LogP contribution in [0.2, 0.25) is 0 Å². The van der Waals surface area contributed by atoms with Crippen LogP contribution >= 0.6 is 11.3 Å². The zero-order valence-electron chi connectivity index (χ0n) is 12.1. The normalized spacial score (nSPS) is 17.4. The van der Waals surface area contributed by atoms with Gasteiger partial charge in [-0.15, -0.1) is 0 Å². The molecule has 0 unspecified atom stereocenters. The standard InChI is InChI=1S/C13H21N3O3S2/c1-9-12(21(14,18)19)20-13(15-9)16-11(17)8-10-6-4-2-3-5-7-10/h10H,2-8H2,1H3,(H2,14,18,19)(H,15,16,17). The zero-order chi connectivity index (χ0) is 15.5. The van der Waals surface area contributed by atoms with E-state index in [1.54, 1.807) is 6.92 Å². The van der Waals surface area contributed by atoms with Crippen LogP contribution < -0.4 is 10.5 Å². The largest absolute Gasteiger partial charge is 0.302 e. The highest BCUT2D eigenvalue weighted by molar-refractivity contribution is 7.91. The van der Waals surface area contributed by atoms with Crippen LogP contribution in [0.4, 0.5) is 5.13 Å². The highest BCUT2D eigenvalue weighted by Crippen LogP contribution is 2.28. The topological polar surface area (TPSA) is 102 Å². The molecule has 0 aliphatic heterocycles. The molecule has 3 N–H and O–H groups in total. The van der Waals surface area contributed by atoms with Gasteiger partial charge in [-0.3, -0.25) is 4.79 Å². The number of primary sulfonamides is 1. The summed E-state index contributed by atoms with van der Waals surface area (Å²) in [6, 6.07) is 0. The maximum Gasteiger partial charge on any atom is 0.249 e. The Hall–Kier alpha value is -0.990. The van der Waals surface area contributed by atoms with E-state index in [9.17, 15) is 13.2 Å². The van der Waals surface area contributed by atoms with Crippen LogP contribution in [-0.4, -0.2) is 19.3 Å². The van der Waals surface area contributed by atoms with Crippen LogP contribution in [0.5, 0.6) is 0 Å². The molecule has 118 valence electrons. The molecular weight excluding hydrogens is 310 g/mol. The summed E-state index contributed by atoms with van der Waals surface area (Å²) >= 11 is 0.905. The van der Waals surface area contributed by atoms with Crippen molar-refractivity contribution in [3.05, 3.63) is 5.69 Å². The van der Waals surface area contributed by atoms with Gasteiger partial charge in [-0.25, -0.2) is 18.5 Å². The fourth-order valence-corrected chi connectivity index (χ4v) is 4.58. The van der Waals surface area contributed by atoms with Crippen molar-refractivity contribution in [3.63, 3.8) is 0 Å². The van der Waals surface area contributed by atoms with Crippen LogP contribution in [0.3, 0.4) is 0 Å². The summed E-state index contributed by atoms with van der Waals surface area (Å²) in [6.07, 6.45) is 7.53. The molecule has 0 atom stereocenters. The Balaban J connectivity index is 1.96. The Kier molecular flexibility index (Phi) is 5.34. The molecule has 0 saturated heterocycles. The first-order chi connectivity index (χ1) is 9.86. The molecule has 0 aromatic carbocycles. The average Bonchev–Trinajstić information content (AvgIpc) is 2.59. The number of anilines is 1. The minimum atomic E-state index is -3.78. The van der Waals surface area contributed by atoms with Crippen LogP contribution in [0, 0.1) is 12.8 Å². The van der Waals surface area contributed by atoms with Crippen molar-refractivity contribution >= 4 is 32.4 Å². The van der Waals surface area contributed by atoms with Gasteiger partial charge in [0, 0.05) is 6.42 Å². The molecule has 1 heterocycles. The third-order valence-electron chi connectivity index (χ3n) is 3.71. The maximum absolute atomic E-state index is 12.0. The summed E-state index contributed by atoms with van der Waals surface area (Å²) < 4.78 is 22.7. The van der Waals surface area contributed by atoms with E-state index >= 15 is 0 Å². The Morgan fingerprint density at radius 2 is 1.95 bits per heavy atom. The number of hydrogen-bond acceptors (Lipinski definition) is 5. The number of aromatic nitrogens is 1. The first-order valence-corrected chi connectivity index (χ1v) is 9.52. The number of nitrogens with one attached hydrogen (secondary N) is 1. The lowest BCUT2D eigenvalue weighted by Crippen LogP contribution is -2.16. The first-order valence-electron chi connectivity index (χ1n) is 7.16. The third kappa shape index (κ3) is 4.76. The fourth-order valence-electron chi connectivity index (χ4n) is 2.70. The summed E-state index contributed by atoms with van der Waals surface area (Å²) in [7, 11) is -3.78. The minimum Gasteiger partial charge on any atom is -0.302 e. The van der Waals surface area contributed by atoms with Crippen molar-refractivity contribution < 1.29 is 13.2 Å². The number of aryl methyl sites for hydroxylation is 1. The summed E-state index contributed by atoms with van der Waals surface area (Å²) in [5, 5.41) is 8.09. The van der Waals surface area contributed by atoms with E-state index in [4.69, 9.17) is 5.14 Å². The van der Waals surface area contributed by atoms with Crippen LogP contribution in [0.1, 0.15) is 50.6 Å². The lowest BCUT2D eigenvalue weighted by atomic mass is 9.96. The molecule has 1 fully saturated rings. The summed E-state index contributed by atoms with van der Waals surface area (Å²) in [5.41, 5.74) is 0.326.